The molecular weight excluding hydrogens is 265 g/mol. The van der Waals surface area contributed by atoms with E-state index in [9.17, 15) is 22.8 Å². The highest BCUT2D eigenvalue weighted by atomic mass is 19.4. The lowest BCUT2D eigenvalue weighted by Gasteiger charge is -2.35. The molecule has 0 heterocycles. The number of nitrogens with zero attached hydrogens (tertiary/aromatic N) is 2. The molecular formula is C11H19F3N2O3. The third-order valence-corrected chi connectivity index (χ3v) is 2.39. The van der Waals surface area contributed by atoms with Gasteiger partial charge in [-0.1, -0.05) is 0 Å². The average molecular weight is 284 g/mol. The van der Waals surface area contributed by atoms with E-state index in [2.05, 4.69) is 0 Å². The van der Waals surface area contributed by atoms with Gasteiger partial charge in [-0.15, -0.1) is 0 Å². The summed E-state index contributed by atoms with van der Waals surface area (Å²) in [6.07, 6.45) is -4.52. The molecule has 0 aliphatic rings. The molecule has 0 aromatic rings. The third kappa shape index (κ3) is 6.30. The van der Waals surface area contributed by atoms with E-state index in [-0.39, 0.29) is 0 Å². The van der Waals surface area contributed by atoms with E-state index in [1.54, 1.807) is 13.8 Å². The summed E-state index contributed by atoms with van der Waals surface area (Å²) in [5.74, 6) is -1.27. The number of urea groups is 1. The second-order valence-corrected chi connectivity index (χ2v) is 4.73. The van der Waals surface area contributed by atoms with E-state index in [1.165, 1.54) is 13.8 Å². The quantitative estimate of drug-likeness (QED) is 0.841. The number of carboxylic acid groups (broad SMARTS) is 1. The van der Waals surface area contributed by atoms with Crippen LogP contribution < -0.4 is 0 Å². The molecule has 0 aliphatic carbocycles. The minimum atomic E-state index is -4.52. The Hall–Kier alpha value is -1.47. The smallest absolute Gasteiger partial charge is 0.406 e. The fraction of sp³-hybridized carbons (Fsp3) is 0.818. The topological polar surface area (TPSA) is 60.9 Å². The summed E-state index contributed by atoms with van der Waals surface area (Å²) in [5.41, 5.74) is 0. The van der Waals surface area contributed by atoms with Crippen LogP contribution in [-0.2, 0) is 4.79 Å². The van der Waals surface area contributed by atoms with Gasteiger partial charge in [-0.25, -0.2) is 4.79 Å². The van der Waals surface area contributed by atoms with Crippen LogP contribution in [0.15, 0.2) is 0 Å². The van der Waals surface area contributed by atoms with Crippen molar-refractivity contribution in [1.29, 1.82) is 0 Å². The molecule has 0 spiro atoms. The molecule has 2 amide bonds. The molecule has 1 N–H and O–H groups in total. The zero-order chi connectivity index (χ0) is 15.4. The number of halogens is 3. The van der Waals surface area contributed by atoms with Crippen LogP contribution in [0.1, 0.15) is 27.7 Å². The van der Waals surface area contributed by atoms with Gasteiger partial charge in [0.15, 0.2) is 0 Å². The van der Waals surface area contributed by atoms with Gasteiger partial charge in [0, 0.05) is 12.1 Å². The number of carbonyl (C=O) groups excluding carboxylic acids is 1. The highest BCUT2D eigenvalue weighted by Crippen LogP contribution is 2.19. The van der Waals surface area contributed by atoms with Gasteiger partial charge in [0.1, 0.15) is 13.1 Å². The minimum absolute atomic E-state index is 0.502. The Balaban J connectivity index is 5.09. The van der Waals surface area contributed by atoms with Gasteiger partial charge in [-0.05, 0) is 27.7 Å². The summed E-state index contributed by atoms with van der Waals surface area (Å²) < 4.78 is 37.3. The molecule has 0 saturated carbocycles. The van der Waals surface area contributed by atoms with Crippen molar-refractivity contribution in [3.63, 3.8) is 0 Å². The molecule has 0 radical (unpaired) electrons. The Labute approximate surface area is 110 Å². The summed E-state index contributed by atoms with van der Waals surface area (Å²) >= 11 is 0. The third-order valence-electron chi connectivity index (χ3n) is 2.39. The predicted molar refractivity (Wildman–Crippen MR) is 62.8 cm³/mol. The maximum atomic E-state index is 12.4. The van der Waals surface area contributed by atoms with Crippen molar-refractivity contribution in [1.82, 2.24) is 9.80 Å². The van der Waals surface area contributed by atoms with E-state index >= 15 is 0 Å². The first-order valence-electron chi connectivity index (χ1n) is 5.81. The van der Waals surface area contributed by atoms with Crippen LogP contribution in [-0.4, -0.2) is 58.3 Å². The fourth-order valence-electron chi connectivity index (χ4n) is 1.45. The number of hydrogen-bond acceptors (Lipinski definition) is 2. The monoisotopic (exact) mass is 284 g/mol. The summed E-state index contributed by atoms with van der Waals surface area (Å²) in [6.45, 7) is 3.97. The molecule has 0 rings (SSSR count). The SMILES string of the molecule is CC(C)N(CC(=O)O)C(=O)N(CC(F)(F)F)C(C)C. The molecule has 0 fully saturated rings. The second-order valence-electron chi connectivity index (χ2n) is 4.73. The lowest BCUT2D eigenvalue weighted by atomic mass is 10.3. The van der Waals surface area contributed by atoms with Crippen molar-refractivity contribution in [2.45, 2.75) is 46.0 Å². The van der Waals surface area contributed by atoms with Gasteiger partial charge in [-0.3, -0.25) is 4.79 Å². The molecule has 0 aromatic heterocycles. The van der Waals surface area contributed by atoms with Crippen molar-refractivity contribution in [2.24, 2.45) is 0 Å². The Morgan fingerprint density at radius 3 is 1.74 bits per heavy atom. The van der Waals surface area contributed by atoms with Gasteiger partial charge >= 0.3 is 18.2 Å². The molecule has 0 atom stereocenters. The number of carboxylic acids is 1. The van der Waals surface area contributed by atoms with Crippen molar-refractivity contribution in [3.8, 4) is 0 Å². The lowest BCUT2D eigenvalue weighted by molar-refractivity contribution is -0.145. The van der Waals surface area contributed by atoms with Crippen molar-refractivity contribution >= 4 is 12.0 Å². The minimum Gasteiger partial charge on any atom is -0.480 e. The van der Waals surface area contributed by atoms with Crippen LogP contribution in [0.5, 0.6) is 0 Å². The number of alkyl halides is 3. The number of hydrogen-bond donors (Lipinski definition) is 1. The maximum Gasteiger partial charge on any atom is 0.406 e. The molecule has 0 unspecified atom stereocenters. The number of aliphatic carboxylic acids is 1. The Kier molecular flexibility index (Phi) is 6.11. The summed E-state index contributed by atoms with van der Waals surface area (Å²) in [5, 5.41) is 8.70. The first-order valence-corrected chi connectivity index (χ1v) is 5.81. The van der Waals surface area contributed by atoms with Gasteiger partial charge in [0.2, 0.25) is 0 Å². The predicted octanol–water partition coefficient (Wildman–Crippen LogP) is 2.17. The summed E-state index contributed by atoms with van der Waals surface area (Å²) in [7, 11) is 0. The lowest BCUT2D eigenvalue weighted by Crippen LogP contribution is -2.53. The summed E-state index contributed by atoms with van der Waals surface area (Å²) in [6, 6.07) is -2.10. The molecule has 112 valence electrons. The number of rotatable bonds is 5. The van der Waals surface area contributed by atoms with Gasteiger partial charge in [0.25, 0.3) is 0 Å². The molecule has 0 aliphatic heterocycles. The number of carbonyl (C=O) groups is 2. The fourth-order valence-corrected chi connectivity index (χ4v) is 1.45. The molecule has 0 saturated heterocycles. The molecule has 19 heavy (non-hydrogen) atoms. The van der Waals surface area contributed by atoms with E-state index < -0.39 is 43.3 Å². The van der Waals surface area contributed by atoms with E-state index in [1.807, 2.05) is 0 Å². The van der Waals surface area contributed by atoms with Crippen LogP contribution in [0.25, 0.3) is 0 Å². The Morgan fingerprint density at radius 1 is 1.05 bits per heavy atom. The van der Waals surface area contributed by atoms with Gasteiger partial charge < -0.3 is 14.9 Å². The Morgan fingerprint density at radius 2 is 1.47 bits per heavy atom. The average Bonchev–Trinajstić information content (AvgIpc) is 2.19. The van der Waals surface area contributed by atoms with E-state index in [0.717, 1.165) is 4.90 Å². The van der Waals surface area contributed by atoms with E-state index in [4.69, 9.17) is 5.11 Å². The van der Waals surface area contributed by atoms with Crippen molar-refractivity contribution in [3.05, 3.63) is 0 Å². The largest absolute Gasteiger partial charge is 0.480 e. The van der Waals surface area contributed by atoms with Crippen LogP contribution >= 0.6 is 0 Å². The molecule has 0 aromatic carbocycles. The van der Waals surface area contributed by atoms with E-state index in [0.29, 0.717) is 4.90 Å². The zero-order valence-corrected chi connectivity index (χ0v) is 11.4. The van der Waals surface area contributed by atoms with Crippen molar-refractivity contribution in [2.75, 3.05) is 13.1 Å². The van der Waals surface area contributed by atoms with Gasteiger partial charge in [-0.2, -0.15) is 13.2 Å². The first-order chi connectivity index (χ1) is 8.45. The maximum absolute atomic E-state index is 12.4. The number of amides is 2. The van der Waals surface area contributed by atoms with Crippen LogP contribution in [0.4, 0.5) is 18.0 Å². The van der Waals surface area contributed by atoms with Crippen LogP contribution in [0.2, 0.25) is 0 Å². The van der Waals surface area contributed by atoms with Crippen molar-refractivity contribution < 1.29 is 27.9 Å². The van der Waals surface area contributed by atoms with Crippen LogP contribution in [0.3, 0.4) is 0 Å². The van der Waals surface area contributed by atoms with Gasteiger partial charge in [0.05, 0.1) is 0 Å². The second kappa shape index (κ2) is 6.63. The first kappa shape index (κ1) is 17.5. The molecule has 0 bridgehead atoms. The molecule has 8 heteroatoms. The zero-order valence-electron chi connectivity index (χ0n) is 11.4. The Bertz CT molecular complexity index is 330. The molecule has 5 nitrogen and oxygen atoms in total. The highest BCUT2D eigenvalue weighted by Gasteiger charge is 2.36. The highest BCUT2D eigenvalue weighted by molar-refractivity contribution is 5.80. The standard InChI is InChI=1S/C11H19F3N2O3/c1-7(2)15(5-9(17)18)10(19)16(8(3)4)6-11(12,13)14/h7-8H,5-6H2,1-4H3,(H,17,18). The normalized spacial score (nSPS) is 11.8. The van der Waals surface area contributed by atoms with Crippen LogP contribution in [0, 0.1) is 0 Å². The summed E-state index contributed by atoms with van der Waals surface area (Å²) in [4.78, 5) is 24.2.